The summed E-state index contributed by atoms with van der Waals surface area (Å²) < 4.78 is 22.3. The zero-order valence-corrected chi connectivity index (χ0v) is 14.5. The first-order valence-electron chi connectivity index (χ1n) is 8.07. The van der Waals surface area contributed by atoms with Crippen LogP contribution in [-0.2, 0) is 20.1 Å². The molecule has 0 fully saturated rings. The third kappa shape index (κ3) is 3.01. The summed E-state index contributed by atoms with van der Waals surface area (Å²) in [7, 11) is 2.94. The van der Waals surface area contributed by atoms with Crippen molar-refractivity contribution in [2.24, 2.45) is 7.05 Å². The minimum atomic E-state index is -0.509. The molecule has 0 atom stereocenters. The van der Waals surface area contributed by atoms with Crippen molar-refractivity contribution in [2.75, 3.05) is 13.7 Å². The molecular formula is C17H19FN4O4. The van der Waals surface area contributed by atoms with Crippen LogP contribution in [0.5, 0.6) is 6.01 Å². The van der Waals surface area contributed by atoms with Gasteiger partial charge in [-0.2, -0.15) is 4.98 Å². The van der Waals surface area contributed by atoms with E-state index >= 15 is 0 Å². The topological polar surface area (TPSA) is 91.3 Å². The van der Waals surface area contributed by atoms with E-state index in [4.69, 9.17) is 9.84 Å². The van der Waals surface area contributed by atoms with Gasteiger partial charge in [0.1, 0.15) is 5.82 Å². The summed E-state index contributed by atoms with van der Waals surface area (Å²) in [5.41, 5.74) is 0.157. The van der Waals surface area contributed by atoms with Gasteiger partial charge in [0.2, 0.25) is 0 Å². The Kier molecular flexibility index (Phi) is 4.90. The van der Waals surface area contributed by atoms with Gasteiger partial charge in [0.15, 0.2) is 11.2 Å². The third-order valence-corrected chi connectivity index (χ3v) is 4.17. The molecule has 2 heterocycles. The molecule has 0 aliphatic heterocycles. The van der Waals surface area contributed by atoms with Gasteiger partial charge < -0.3 is 9.84 Å². The van der Waals surface area contributed by atoms with Gasteiger partial charge in [0, 0.05) is 20.2 Å². The van der Waals surface area contributed by atoms with Crippen LogP contribution in [0.25, 0.3) is 11.2 Å². The Morgan fingerprint density at radius 2 is 1.88 bits per heavy atom. The molecule has 0 aliphatic rings. The highest BCUT2D eigenvalue weighted by atomic mass is 19.1. The van der Waals surface area contributed by atoms with Crippen LogP contribution in [0.1, 0.15) is 12.0 Å². The quantitative estimate of drug-likeness (QED) is 0.689. The number of imidazole rings is 1. The second-order valence-electron chi connectivity index (χ2n) is 5.86. The van der Waals surface area contributed by atoms with Crippen LogP contribution in [0.4, 0.5) is 4.39 Å². The molecule has 2 aromatic heterocycles. The van der Waals surface area contributed by atoms with Crippen molar-refractivity contribution in [1.82, 2.24) is 18.7 Å². The molecule has 0 bridgehead atoms. The highest BCUT2D eigenvalue weighted by molar-refractivity contribution is 5.72. The maximum absolute atomic E-state index is 13.1. The van der Waals surface area contributed by atoms with Crippen molar-refractivity contribution in [3.8, 4) is 6.01 Å². The molecule has 0 amide bonds. The van der Waals surface area contributed by atoms with E-state index in [-0.39, 0.29) is 49.1 Å². The minimum Gasteiger partial charge on any atom is -0.468 e. The van der Waals surface area contributed by atoms with E-state index in [1.54, 1.807) is 16.7 Å². The lowest BCUT2D eigenvalue weighted by atomic mass is 10.2. The molecule has 3 aromatic rings. The summed E-state index contributed by atoms with van der Waals surface area (Å²) in [6.07, 6.45) is 0.282. The molecule has 0 spiro atoms. The van der Waals surface area contributed by atoms with Crippen molar-refractivity contribution in [2.45, 2.75) is 19.5 Å². The average Bonchev–Trinajstić information content (AvgIpc) is 3.00. The number of methoxy groups -OCH3 is 1. The van der Waals surface area contributed by atoms with Gasteiger partial charge in [-0.1, -0.05) is 12.1 Å². The third-order valence-electron chi connectivity index (χ3n) is 4.17. The SMILES string of the molecule is COc1nc2c(c(=O)n(CCCO)c(=O)n2C)n1Cc1ccc(F)cc1. The normalized spacial score (nSPS) is 11.2. The van der Waals surface area contributed by atoms with Crippen LogP contribution in [0.3, 0.4) is 0 Å². The number of nitrogens with zero attached hydrogens (tertiary/aromatic N) is 4. The lowest BCUT2D eigenvalue weighted by Crippen LogP contribution is -2.39. The molecule has 0 saturated heterocycles. The van der Waals surface area contributed by atoms with Crippen molar-refractivity contribution in [3.63, 3.8) is 0 Å². The van der Waals surface area contributed by atoms with Gasteiger partial charge in [-0.3, -0.25) is 18.5 Å². The fraction of sp³-hybridized carbons (Fsp3) is 0.353. The first-order valence-corrected chi connectivity index (χ1v) is 8.07. The Hall–Kier alpha value is -2.94. The molecule has 138 valence electrons. The molecule has 0 saturated carbocycles. The number of hydrogen-bond donors (Lipinski definition) is 1. The number of benzene rings is 1. The van der Waals surface area contributed by atoms with Crippen molar-refractivity contribution in [1.29, 1.82) is 0 Å². The summed E-state index contributed by atoms with van der Waals surface area (Å²) >= 11 is 0. The highest BCUT2D eigenvalue weighted by Crippen LogP contribution is 2.19. The highest BCUT2D eigenvalue weighted by Gasteiger charge is 2.20. The molecule has 8 nitrogen and oxygen atoms in total. The van der Waals surface area contributed by atoms with Gasteiger partial charge >= 0.3 is 5.69 Å². The van der Waals surface area contributed by atoms with Gasteiger partial charge in [0.25, 0.3) is 11.6 Å². The van der Waals surface area contributed by atoms with E-state index in [9.17, 15) is 14.0 Å². The maximum Gasteiger partial charge on any atom is 0.332 e. The summed E-state index contributed by atoms with van der Waals surface area (Å²) in [4.78, 5) is 29.6. The molecule has 0 aliphatic carbocycles. The predicted molar refractivity (Wildman–Crippen MR) is 93.0 cm³/mol. The molecule has 1 aromatic carbocycles. The van der Waals surface area contributed by atoms with Crippen LogP contribution in [-0.4, -0.2) is 37.5 Å². The number of ether oxygens (including phenoxy) is 1. The number of fused-ring (bicyclic) bond motifs is 1. The van der Waals surface area contributed by atoms with E-state index < -0.39 is 11.2 Å². The van der Waals surface area contributed by atoms with Crippen LogP contribution >= 0.6 is 0 Å². The molecule has 1 N–H and O–H groups in total. The summed E-state index contributed by atoms with van der Waals surface area (Å²) in [5, 5.41) is 9.01. The average molecular weight is 362 g/mol. The maximum atomic E-state index is 13.1. The molecule has 3 rings (SSSR count). The fourth-order valence-corrected chi connectivity index (χ4v) is 2.85. The van der Waals surface area contributed by atoms with E-state index in [0.29, 0.717) is 0 Å². The monoisotopic (exact) mass is 362 g/mol. The van der Waals surface area contributed by atoms with Crippen molar-refractivity contribution in [3.05, 3.63) is 56.5 Å². The Labute approximate surface area is 147 Å². The van der Waals surface area contributed by atoms with Gasteiger partial charge in [-0.15, -0.1) is 0 Å². The van der Waals surface area contributed by atoms with E-state index in [2.05, 4.69) is 4.98 Å². The van der Waals surface area contributed by atoms with Crippen LogP contribution in [0.15, 0.2) is 33.9 Å². The van der Waals surface area contributed by atoms with Crippen LogP contribution < -0.4 is 16.0 Å². The number of rotatable bonds is 6. The molecule has 26 heavy (non-hydrogen) atoms. The van der Waals surface area contributed by atoms with Crippen molar-refractivity contribution >= 4 is 11.2 Å². The first kappa shape index (κ1) is 17.9. The summed E-state index contributed by atoms with van der Waals surface area (Å²) in [6, 6.07) is 6.04. The molecule has 0 radical (unpaired) electrons. The van der Waals surface area contributed by atoms with E-state index in [1.807, 2.05) is 0 Å². The second kappa shape index (κ2) is 7.12. The number of aliphatic hydroxyl groups excluding tert-OH is 1. The lowest BCUT2D eigenvalue weighted by Gasteiger charge is -2.10. The Morgan fingerprint density at radius 3 is 2.50 bits per heavy atom. The number of hydrogen-bond acceptors (Lipinski definition) is 5. The summed E-state index contributed by atoms with van der Waals surface area (Å²) in [5.74, 6) is -0.357. The lowest BCUT2D eigenvalue weighted by molar-refractivity contribution is 0.277. The van der Waals surface area contributed by atoms with Crippen LogP contribution in [0.2, 0.25) is 0 Å². The number of aromatic nitrogens is 4. The Balaban J connectivity index is 2.24. The zero-order chi connectivity index (χ0) is 18.8. The number of aliphatic hydroxyl groups is 1. The van der Waals surface area contributed by atoms with Gasteiger partial charge in [0.05, 0.1) is 13.7 Å². The summed E-state index contributed by atoms with van der Waals surface area (Å²) in [6.45, 7) is 0.196. The van der Waals surface area contributed by atoms with Gasteiger partial charge in [-0.05, 0) is 24.1 Å². The van der Waals surface area contributed by atoms with Crippen LogP contribution in [0, 0.1) is 5.82 Å². The molecule has 0 unspecified atom stereocenters. The predicted octanol–water partition coefficient (Wildman–Crippen LogP) is 0.475. The Morgan fingerprint density at radius 1 is 1.19 bits per heavy atom. The second-order valence-corrected chi connectivity index (χ2v) is 5.86. The standard InChI is InChI=1S/C17H19FN4O4/c1-20-14-13(15(24)21(17(20)25)8-3-9-23)22(16(19-14)26-2)10-11-4-6-12(18)7-5-11/h4-7,23H,3,8-10H2,1-2H3. The molecular weight excluding hydrogens is 343 g/mol. The minimum absolute atomic E-state index is 0.0992. The number of aryl methyl sites for hydroxylation is 1. The van der Waals surface area contributed by atoms with Gasteiger partial charge in [-0.25, -0.2) is 9.18 Å². The largest absolute Gasteiger partial charge is 0.468 e. The molecule has 9 heteroatoms. The number of halogens is 1. The fourth-order valence-electron chi connectivity index (χ4n) is 2.85. The first-order chi connectivity index (χ1) is 12.5. The van der Waals surface area contributed by atoms with Crippen molar-refractivity contribution < 1.29 is 14.2 Å². The smallest absolute Gasteiger partial charge is 0.332 e. The van der Waals surface area contributed by atoms with E-state index in [1.165, 1.54) is 30.9 Å². The van der Waals surface area contributed by atoms with E-state index in [0.717, 1.165) is 10.1 Å². The zero-order valence-electron chi connectivity index (χ0n) is 14.5. The Bertz CT molecular complexity index is 1050.